The van der Waals surface area contributed by atoms with Crippen LogP contribution in [0.15, 0.2) is 47.6 Å². The number of rotatable bonds is 8. The smallest absolute Gasteiger partial charge is 0.191 e. The van der Waals surface area contributed by atoms with Crippen LogP contribution in [0.25, 0.3) is 0 Å². The van der Waals surface area contributed by atoms with Gasteiger partial charge in [0.2, 0.25) is 0 Å². The van der Waals surface area contributed by atoms with Crippen LogP contribution in [0.2, 0.25) is 0 Å². The van der Waals surface area contributed by atoms with E-state index in [0.29, 0.717) is 6.54 Å². The molecule has 3 heterocycles. The maximum Gasteiger partial charge on any atom is 0.191 e. The normalized spacial score (nSPS) is 17.3. The third-order valence-electron chi connectivity index (χ3n) is 6.09. The molecular formula is C25H36N6. The van der Waals surface area contributed by atoms with E-state index >= 15 is 0 Å². The number of nitrogens with one attached hydrogen (secondary N) is 2. The molecule has 2 aliphatic heterocycles. The predicted molar refractivity (Wildman–Crippen MR) is 128 cm³/mol. The highest BCUT2D eigenvalue weighted by Crippen LogP contribution is 2.18. The van der Waals surface area contributed by atoms with Crippen molar-refractivity contribution < 1.29 is 0 Å². The molecule has 166 valence electrons. The molecule has 0 unspecified atom stereocenters. The molecule has 2 aliphatic rings. The Bertz CT molecular complexity index is 818. The van der Waals surface area contributed by atoms with Gasteiger partial charge >= 0.3 is 0 Å². The Morgan fingerprint density at radius 2 is 1.55 bits per heavy atom. The Morgan fingerprint density at radius 3 is 2.23 bits per heavy atom. The summed E-state index contributed by atoms with van der Waals surface area (Å²) in [5, 5.41) is 6.80. The lowest BCUT2D eigenvalue weighted by Gasteiger charge is -2.16. The summed E-state index contributed by atoms with van der Waals surface area (Å²) in [4.78, 5) is 14.3. The number of likely N-dealkylation sites (tertiary alicyclic amines) is 1. The molecule has 2 saturated heterocycles. The van der Waals surface area contributed by atoms with Crippen molar-refractivity contribution in [3.05, 3.63) is 59.3 Å². The van der Waals surface area contributed by atoms with Crippen LogP contribution in [0.4, 0.5) is 5.82 Å². The van der Waals surface area contributed by atoms with Crippen molar-refractivity contribution in [1.82, 2.24) is 20.5 Å². The summed E-state index contributed by atoms with van der Waals surface area (Å²) < 4.78 is 0. The number of aromatic nitrogens is 1. The fourth-order valence-corrected chi connectivity index (χ4v) is 4.30. The average molecular weight is 421 g/mol. The third-order valence-corrected chi connectivity index (χ3v) is 6.09. The minimum Gasteiger partial charge on any atom is -0.357 e. The highest BCUT2D eigenvalue weighted by atomic mass is 15.2. The molecule has 0 radical (unpaired) electrons. The number of anilines is 1. The molecule has 4 rings (SSSR count). The summed E-state index contributed by atoms with van der Waals surface area (Å²) in [6, 6.07) is 13.2. The number of hydrogen-bond donors (Lipinski definition) is 2. The van der Waals surface area contributed by atoms with Gasteiger partial charge in [0.15, 0.2) is 5.96 Å². The number of aliphatic imine (C=N–C) groups is 1. The highest BCUT2D eigenvalue weighted by molar-refractivity contribution is 5.79. The lowest BCUT2D eigenvalue weighted by Crippen LogP contribution is -2.36. The van der Waals surface area contributed by atoms with Crippen molar-refractivity contribution in [2.45, 2.75) is 52.2 Å². The number of benzene rings is 1. The van der Waals surface area contributed by atoms with E-state index in [2.05, 4.69) is 68.7 Å². The molecule has 6 heteroatoms. The Balaban J connectivity index is 1.28. The summed E-state index contributed by atoms with van der Waals surface area (Å²) in [5.41, 5.74) is 3.80. The van der Waals surface area contributed by atoms with E-state index < -0.39 is 0 Å². The van der Waals surface area contributed by atoms with Gasteiger partial charge < -0.3 is 15.5 Å². The molecule has 0 saturated carbocycles. The second kappa shape index (κ2) is 11.1. The van der Waals surface area contributed by atoms with Crippen molar-refractivity contribution in [1.29, 1.82) is 0 Å². The van der Waals surface area contributed by atoms with E-state index in [1.807, 2.05) is 6.20 Å². The van der Waals surface area contributed by atoms with Crippen molar-refractivity contribution in [3.63, 3.8) is 0 Å². The van der Waals surface area contributed by atoms with Gasteiger partial charge in [-0.2, -0.15) is 0 Å². The van der Waals surface area contributed by atoms with Crippen molar-refractivity contribution in [2.24, 2.45) is 4.99 Å². The van der Waals surface area contributed by atoms with Crippen LogP contribution >= 0.6 is 0 Å². The standard InChI is InChI=1S/C25H36N6/c1-2-26-25(29-19-23-11-12-24(27-18-23)31-15-5-6-16-31)28-17-21-7-9-22(10-8-21)20-30-13-3-4-14-30/h7-12,18H,2-6,13-17,19-20H2,1H3,(H2,26,28,29). The topological polar surface area (TPSA) is 55.8 Å². The van der Waals surface area contributed by atoms with Crippen molar-refractivity contribution in [2.75, 3.05) is 37.6 Å². The molecule has 2 N–H and O–H groups in total. The summed E-state index contributed by atoms with van der Waals surface area (Å²) in [6.07, 6.45) is 7.18. The van der Waals surface area contributed by atoms with Crippen LogP contribution in [-0.2, 0) is 19.6 Å². The van der Waals surface area contributed by atoms with Crippen LogP contribution in [-0.4, -0.2) is 48.6 Å². The first-order valence-corrected chi connectivity index (χ1v) is 11.8. The third kappa shape index (κ3) is 6.44. The first kappa shape index (κ1) is 21.6. The Hall–Kier alpha value is -2.60. The minimum atomic E-state index is 0.622. The molecule has 0 aliphatic carbocycles. The van der Waals surface area contributed by atoms with E-state index in [9.17, 15) is 0 Å². The maximum absolute atomic E-state index is 4.75. The molecule has 0 atom stereocenters. The van der Waals surface area contributed by atoms with E-state index in [1.165, 1.54) is 49.9 Å². The second-order valence-corrected chi connectivity index (χ2v) is 8.57. The monoisotopic (exact) mass is 420 g/mol. The van der Waals surface area contributed by atoms with Gasteiger partial charge in [0, 0.05) is 38.9 Å². The second-order valence-electron chi connectivity index (χ2n) is 8.57. The quantitative estimate of drug-likeness (QED) is 0.505. The van der Waals surface area contributed by atoms with Gasteiger partial charge in [-0.25, -0.2) is 9.98 Å². The first-order chi connectivity index (χ1) is 15.3. The maximum atomic E-state index is 4.75. The van der Waals surface area contributed by atoms with Gasteiger partial charge in [0.05, 0.1) is 6.54 Å². The van der Waals surface area contributed by atoms with Gasteiger partial charge in [-0.3, -0.25) is 4.90 Å². The van der Waals surface area contributed by atoms with Crippen LogP contribution in [0.5, 0.6) is 0 Å². The fourth-order valence-electron chi connectivity index (χ4n) is 4.30. The number of hydrogen-bond acceptors (Lipinski definition) is 4. The van der Waals surface area contributed by atoms with E-state index in [4.69, 9.17) is 4.99 Å². The summed E-state index contributed by atoms with van der Waals surface area (Å²) in [6.45, 7) is 10.1. The van der Waals surface area contributed by atoms with Gasteiger partial charge in [0.25, 0.3) is 0 Å². The first-order valence-electron chi connectivity index (χ1n) is 11.8. The lowest BCUT2D eigenvalue weighted by molar-refractivity contribution is 0.331. The Labute approximate surface area is 186 Å². The molecule has 0 bridgehead atoms. The van der Waals surface area contributed by atoms with Crippen molar-refractivity contribution in [3.8, 4) is 0 Å². The molecular weight excluding hydrogens is 384 g/mol. The van der Waals surface area contributed by atoms with Crippen LogP contribution < -0.4 is 15.5 Å². The molecule has 6 nitrogen and oxygen atoms in total. The molecule has 1 aromatic carbocycles. The summed E-state index contributed by atoms with van der Waals surface area (Å²) in [5.74, 6) is 1.93. The van der Waals surface area contributed by atoms with E-state index in [1.54, 1.807) is 0 Å². The number of nitrogens with zero attached hydrogens (tertiary/aromatic N) is 4. The van der Waals surface area contributed by atoms with Crippen LogP contribution in [0.3, 0.4) is 0 Å². The zero-order chi connectivity index (χ0) is 21.3. The van der Waals surface area contributed by atoms with Gasteiger partial charge in [-0.1, -0.05) is 30.3 Å². The minimum absolute atomic E-state index is 0.622. The average Bonchev–Trinajstić information content (AvgIpc) is 3.52. The molecule has 0 amide bonds. The van der Waals surface area contributed by atoms with Gasteiger partial charge in [-0.05, 0) is 68.5 Å². The Morgan fingerprint density at radius 1 is 0.871 bits per heavy atom. The molecule has 0 spiro atoms. The van der Waals surface area contributed by atoms with Gasteiger partial charge in [0.1, 0.15) is 5.82 Å². The van der Waals surface area contributed by atoms with E-state index in [-0.39, 0.29) is 0 Å². The molecule has 2 fully saturated rings. The van der Waals surface area contributed by atoms with Crippen LogP contribution in [0, 0.1) is 0 Å². The zero-order valence-electron chi connectivity index (χ0n) is 18.8. The van der Waals surface area contributed by atoms with Crippen LogP contribution in [0.1, 0.15) is 49.3 Å². The zero-order valence-corrected chi connectivity index (χ0v) is 18.8. The number of guanidine groups is 1. The fraction of sp³-hybridized carbons (Fsp3) is 0.520. The van der Waals surface area contributed by atoms with E-state index in [0.717, 1.165) is 50.1 Å². The Kier molecular flexibility index (Phi) is 7.77. The van der Waals surface area contributed by atoms with Gasteiger partial charge in [-0.15, -0.1) is 0 Å². The summed E-state index contributed by atoms with van der Waals surface area (Å²) in [7, 11) is 0. The highest BCUT2D eigenvalue weighted by Gasteiger charge is 2.13. The lowest BCUT2D eigenvalue weighted by atomic mass is 10.1. The molecule has 31 heavy (non-hydrogen) atoms. The molecule has 2 aromatic rings. The number of pyridine rings is 1. The largest absolute Gasteiger partial charge is 0.357 e. The summed E-state index contributed by atoms with van der Waals surface area (Å²) >= 11 is 0. The predicted octanol–water partition coefficient (Wildman–Crippen LogP) is 3.53. The molecule has 1 aromatic heterocycles. The van der Waals surface area contributed by atoms with Crippen molar-refractivity contribution >= 4 is 11.8 Å². The SMILES string of the molecule is CCNC(=NCc1ccc(N2CCCC2)nc1)NCc1ccc(CN2CCCC2)cc1.